The lowest BCUT2D eigenvalue weighted by Gasteiger charge is -2.15. The van der Waals surface area contributed by atoms with E-state index in [0.717, 1.165) is 10.4 Å². The summed E-state index contributed by atoms with van der Waals surface area (Å²) in [6.07, 6.45) is 0.553. The van der Waals surface area contributed by atoms with Crippen LogP contribution in [0.3, 0.4) is 0 Å². The zero-order chi connectivity index (χ0) is 13.8. The Morgan fingerprint density at radius 3 is 2.79 bits per heavy atom. The van der Waals surface area contributed by atoms with Crippen LogP contribution in [-0.4, -0.2) is 7.11 Å². The van der Waals surface area contributed by atoms with Crippen molar-refractivity contribution in [3.05, 3.63) is 50.9 Å². The van der Waals surface area contributed by atoms with Gasteiger partial charge < -0.3 is 4.74 Å². The standard InChI is InChI=1S/C13H14ClFN2OS/c1-18-12-3-2-8(6-10(12)15)7-11(17-16)13-9(14)4-5-19-13/h2-6,11,17H,7,16H2,1H3. The molecule has 0 radical (unpaired) electrons. The van der Waals surface area contributed by atoms with E-state index >= 15 is 0 Å². The molecule has 1 unspecified atom stereocenters. The van der Waals surface area contributed by atoms with Gasteiger partial charge in [-0.2, -0.15) is 0 Å². The first kappa shape index (κ1) is 14.3. The first-order chi connectivity index (χ1) is 9.15. The van der Waals surface area contributed by atoms with Gasteiger partial charge in [-0.1, -0.05) is 17.7 Å². The van der Waals surface area contributed by atoms with Crippen LogP contribution in [0.2, 0.25) is 5.02 Å². The van der Waals surface area contributed by atoms with Crippen LogP contribution in [0.25, 0.3) is 0 Å². The molecule has 3 nitrogen and oxygen atoms in total. The average molecular weight is 301 g/mol. The van der Waals surface area contributed by atoms with E-state index in [9.17, 15) is 4.39 Å². The van der Waals surface area contributed by atoms with Gasteiger partial charge in [0.1, 0.15) is 0 Å². The summed E-state index contributed by atoms with van der Waals surface area (Å²) < 4.78 is 18.5. The van der Waals surface area contributed by atoms with Gasteiger partial charge in [-0.05, 0) is 35.6 Å². The number of hydrogen-bond donors (Lipinski definition) is 2. The number of ether oxygens (including phenoxy) is 1. The van der Waals surface area contributed by atoms with Crippen molar-refractivity contribution in [1.29, 1.82) is 0 Å². The number of halogens is 2. The van der Waals surface area contributed by atoms with E-state index in [1.165, 1.54) is 24.5 Å². The Balaban J connectivity index is 2.19. The van der Waals surface area contributed by atoms with Crippen LogP contribution < -0.4 is 16.0 Å². The molecule has 2 aromatic rings. The molecular weight excluding hydrogens is 287 g/mol. The number of hydrazine groups is 1. The third kappa shape index (κ3) is 3.25. The lowest BCUT2D eigenvalue weighted by molar-refractivity contribution is 0.386. The second kappa shape index (κ2) is 6.34. The average Bonchev–Trinajstić information content (AvgIpc) is 2.82. The van der Waals surface area contributed by atoms with E-state index in [1.54, 1.807) is 6.07 Å². The molecule has 1 heterocycles. The highest BCUT2D eigenvalue weighted by atomic mass is 35.5. The highest BCUT2D eigenvalue weighted by molar-refractivity contribution is 7.10. The molecule has 19 heavy (non-hydrogen) atoms. The van der Waals surface area contributed by atoms with Gasteiger partial charge in [-0.3, -0.25) is 11.3 Å². The normalized spacial score (nSPS) is 12.4. The van der Waals surface area contributed by atoms with Gasteiger partial charge >= 0.3 is 0 Å². The molecule has 0 saturated heterocycles. The van der Waals surface area contributed by atoms with Crippen LogP contribution in [0.15, 0.2) is 29.6 Å². The third-order valence-electron chi connectivity index (χ3n) is 2.82. The van der Waals surface area contributed by atoms with E-state index in [-0.39, 0.29) is 17.6 Å². The fourth-order valence-corrected chi connectivity index (χ4v) is 3.10. The molecule has 0 amide bonds. The Labute approximate surface area is 120 Å². The second-order valence-corrected chi connectivity index (χ2v) is 5.38. The first-order valence-corrected chi connectivity index (χ1v) is 6.93. The topological polar surface area (TPSA) is 47.3 Å². The number of benzene rings is 1. The molecule has 0 aliphatic carbocycles. The smallest absolute Gasteiger partial charge is 0.165 e. The number of nitrogens with one attached hydrogen (secondary N) is 1. The predicted octanol–water partition coefficient (Wildman–Crippen LogP) is 3.30. The van der Waals surface area contributed by atoms with Crippen molar-refractivity contribution in [3.63, 3.8) is 0 Å². The zero-order valence-corrected chi connectivity index (χ0v) is 11.9. The van der Waals surface area contributed by atoms with Crippen LogP contribution in [0.5, 0.6) is 5.75 Å². The molecule has 0 spiro atoms. The van der Waals surface area contributed by atoms with Gasteiger partial charge in [0.25, 0.3) is 0 Å². The van der Waals surface area contributed by atoms with Crippen LogP contribution in [0, 0.1) is 5.82 Å². The molecule has 0 aliphatic heterocycles. The summed E-state index contributed by atoms with van der Waals surface area (Å²) in [7, 11) is 1.44. The fraction of sp³-hybridized carbons (Fsp3) is 0.231. The third-order valence-corrected chi connectivity index (χ3v) is 4.29. The largest absolute Gasteiger partial charge is 0.494 e. The summed E-state index contributed by atoms with van der Waals surface area (Å²) in [6, 6.07) is 6.55. The number of rotatable bonds is 5. The lowest BCUT2D eigenvalue weighted by atomic mass is 10.0. The molecule has 6 heteroatoms. The van der Waals surface area contributed by atoms with Crippen LogP contribution in [0.1, 0.15) is 16.5 Å². The summed E-state index contributed by atoms with van der Waals surface area (Å²) in [5.41, 5.74) is 3.54. The van der Waals surface area contributed by atoms with Crippen LogP contribution >= 0.6 is 22.9 Å². The molecule has 0 saturated carbocycles. The highest BCUT2D eigenvalue weighted by Gasteiger charge is 2.16. The molecule has 102 valence electrons. The van der Waals surface area contributed by atoms with Gasteiger partial charge in [0.15, 0.2) is 11.6 Å². The first-order valence-electron chi connectivity index (χ1n) is 5.67. The van der Waals surface area contributed by atoms with Crippen molar-refractivity contribution in [3.8, 4) is 5.75 Å². The van der Waals surface area contributed by atoms with E-state index in [0.29, 0.717) is 11.4 Å². The maximum absolute atomic E-state index is 13.6. The van der Waals surface area contributed by atoms with Crippen molar-refractivity contribution >= 4 is 22.9 Å². The number of methoxy groups -OCH3 is 1. The summed E-state index contributed by atoms with van der Waals surface area (Å²) in [4.78, 5) is 0.945. The van der Waals surface area contributed by atoms with Crippen molar-refractivity contribution in [2.24, 2.45) is 5.84 Å². The minimum Gasteiger partial charge on any atom is -0.494 e. The minimum atomic E-state index is -0.381. The zero-order valence-electron chi connectivity index (χ0n) is 10.3. The summed E-state index contributed by atoms with van der Waals surface area (Å²) in [6.45, 7) is 0. The van der Waals surface area contributed by atoms with Gasteiger partial charge in [-0.25, -0.2) is 4.39 Å². The molecule has 1 aromatic heterocycles. The molecular formula is C13H14ClFN2OS. The van der Waals surface area contributed by atoms with Gasteiger partial charge in [0.2, 0.25) is 0 Å². The maximum atomic E-state index is 13.6. The van der Waals surface area contributed by atoms with Crippen molar-refractivity contribution in [1.82, 2.24) is 5.43 Å². The Morgan fingerprint density at radius 1 is 1.47 bits per heavy atom. The predicted molar refractivity (Wildman–Crippen MR) is 76.0 cm³/mol. The Kier molecular flexibility index (Phi) is 4.76. The molecule has 2 rings (SSSR count). The second-order valence-electron chi connectivity index (χ2n) is 4.03. The minimum absolute atomic E-state index is 0.139. The molecule has 3 N–H and O–H groups in total. The van der Waals surface area contributed by atoms with Gasteiger partial charge in [0.05, 0.1) is 18.2 Å². The molecule has 0 fully saturated rings. The lowest BCUT2D eigenvalue weighted by Crippen LogP contribution is -2.29. The van der Waals surface area contributed by atoms with Crippen molar-refractivity contribution in [2.45, 2.75) is 12.5 Å². The van der Waals surface area contributed by atoms with Gasteiger partial charge in [-0.15, -0.1) is 11.3 Å². The molecule has 1 atom stereocenters. The van der Waals surface area contributed by atoms with E-state index in [4.69, 9.17) is 22.2 Å². The van der Waals surface area contributed by atoms with E-state index < -0.39 is 0 Å². The van der Waals surface area contributed by atoms with Crippen molar-refractivity contribution < 1.29 is 9.13 Å². The fourth-order valence-electron chi connectivity index (χ4n) is 1.85. The Bertz CT molecular complexity index is 561. The summed E-state index contributed by atoms with van der Waals surface area (Å²) >= 11 is 7.60. The van der Waals surface area contributed by atoms with E-state index in [1.807, 2.05) is 17.5 Å². The van der Waals surface area contributed by atoms with E-state index in [2.05, 4.69) is 5.43 Å². The summed E-state index contributed by atoms with van der Waals surface area (Å²) in [5, 5.41) is 2.57. The highest BCUT2D eigenvalue weighted by Crippen LogP contribution is 2.31. The Hall–Kier alpha value is -1.14. The van der Waals surface area contributed by atoms with Crippen LogP contribution in [0.4, 0.5) is 4.39 Å². The molecule has 0 bridgehead atoms. The number of nitrogens with two attached hydrogens (primary N) is 1. The van der Waals surface area contributed by atoms with Crippen LogP contribution in [-0.2, 0) is 6.42 Å². The monoisotopic (exact) mass is 300 g/mol. The number of thiophene rings is 1. The Morgan fingerprint density at radius 2 is 2.26 bits per heavy atom. The quantitative estimate of drug-likeness (QED) is 0.658. The molecule has 0 aliphatic rings. The van der Waals surface area contributed by atoms with Crippen molar-refractivity contribution in [2.75, 3.05) is 7.11 Å². The van der Waals surface area contributed by atoms with Gasteiger partial charge in [0, 0.05) is 4.88 Å². The molecule has 1 aromatic carbocycles. The SMILES string of the molecule is COc1ccc(CC(NN)c2sccc2Cl)cc1F. The maximum Gasteiger partial charge on any atom is 0.165 e. The summed E-state index contributed by atoms with van der Waals surface area (Å²) in [5.74, 6) is 5.40. The number of hydrogen-bond acceptors (Lipinski definition) is 4.